The molecule has 0 unspecified atom stereocenters. The van der Waals surface area contributed by atoms with Crippen LogP contribution in [0.4, 0.5) is 5.69 Å². The standard InChI is InChI=1S/C15H10BrNO6/c16-11-4-1-9(2-5-11)14(19)8-23-15(20)10-3-6-12(17(21)22)13(18)7-10/h1-7,18H,8H2/p-1. The van der Waals surface area contributed by atoms with Gasteiger partial charge in [-0.3, -0.25) is 14.9 Å². The SMILES string of the molecule is O=C(COC(=O)c1ccc([N+](=O)[O-])c([O-])c1)c1ccc(Br)cc1. The van der Waals surface area contributed by atoms with Crippen LogP contribution in [0.1, 0.15) is 20.7 Å². The van der Waals surface area contributed by atoms with Gasteiger partial charge in [0.05, 0.1) is 10.5 Å². The summed E-state index contributed by atoms with van der Waals surface area (Å²) in [6.07, 6.45) is 0. The average molecular weight is 379 g/mol. The van der Waals surface area contributed by atoms with Crippen molar-refractivity contribution in [3.63, 3.8) is 0 Å². The lowest BCUT2D eigenvalue weighted by atomic mass is 10.1. The van der Waals surface area contributed by atoms with Gasteiger partial charge >= 0.3 is 5.97 Å². The maximum Gasteiger partial charge on any atom is 0.338 e. The molecule has 2 aromatic carbocycles. The molecule has 0 spiro atoms. The number of hydrogen-bond acceptors (Lipinski definition) is 6. The molecule has 0 bridgehead atoms. The van der Waals surface area contributed by atoms with E-state index in [2.05, 4.69) is 15.9 Å². The highest BCUT2D eigenvalue weighted by Crippen LogP contribution is 2.24. The van der Waals surface area contributed by atoms with E-state index in [1.54, 1.807) is 24.3 Å². The molecule has 2 rings (SSSR count). The van der Waals surface area contributed by atoms with Crippen molar-refractivity contribution in [1.82, 2.24) is 0 Å². The lowest BCUT2D eigenvalue weighted by Crippen LogP contribution is -2.14. The number of benzene rings is 2. The van der Waals surface area contributed by atoms with Gasteiger partial charge in [-0.2, -0.15) is 0 Å². The van der Waals surface area contributed by atoms with Gasteiger partial charge in [0.1, 0.15) is 0 Å². The normalized spacial score (nSPS) is 10.1. The largest absolute Gasteiger partial charge is 0.868 e. The van der Waals surface area contributed by atoms with E-state index in [9.17, 15) is 24.8 Å². The summed E-state index contributed by atoms with van der Waals surface area (Å²) < 4.78 is 5.63. The van der Waals surface area contributed by atoms with Crippen molar-refractivity contribution >= 4 is 33.4 Å². The van der Waals surface area contributed by atoms with Crippen LogP contribution in [0.2, 0.25) is 0 Å². The van der Waals surface area contributed by atoms with Gasteiger partial charge < -0.3 is 9.84 Å². The van der Waals surface area contributed by atoms with Gasteiger partial charge in [-0.1, -0.05) is 28.1 Å². The first-order chi connectivity index (χ1) is 10.9. The van der Waals surface area contributed by atoms with Crippen LogP contribution in [-0.2, 0) is 4.74 Å². The zero-order valence-corrected chi connectivity index (χ0v) is 13.1. The Morgan fingerprint density at radius 1 is 1.09 bits per heavy atom. The highest BCUT2D eigenvalue weighted by Gasteiger charge is 2.14. The number of rotatable bonds is 5. The minimum atomic E-state index is -0.901. The molecule has 0 aliphatic carbocycles. The van der Waals surface area contributed by atoms with Gasteiger partial charge in [0.25, 0.3) is 5.69 Å². The van der Waals surface area contributed by atoms with Crippen molar-refractivity contribution in [3.8, 4) is 5.75 Å². The summed E-state index contributed by atoms with van der Waals surface area (Å²) in [6.45, 7) is -0.494. The van der Waals surface area contributed by atoms with Gasteiger partial charge in [0, 0.05) is 16.1 Å². The lowest BCUT2D eigenvalue weighted by Gasteiger charge is -2.09. The molecule has 0 atom stereocenters. The fourth-order valence-corrected chi connectivity index (χ4v) is 1.99. The van der Waals surface area contributed by atoms with E-state index < -0.39 is 34.7 Å². The summed E-state index contributed by atoms with van der Waals surface area (Å²) in [7, 11) is 0. The molecule has 8 heteroatoms. The van der Waals surface area contributed by atoms with Crippen LogP contribution >= 0.6 is 15.9 Å². The number of carbonyl (C=O) groups excluding carboxylic acids is 2. The van der Waals surface area contributed by atoms with E-state index in [0.29, 0.717) is 5.56 Å². The quantitative estimate of drug-likeness (QED) is 0.342. The first-order valence-corrected chi connectivity index (χ1v) is 7.09. The molecule has 0 saturated carbocycles. The summed E-state index contributed by atoms with van der Waals surface area (Å²) in [4.78, 5) is 33.3. The van der Waals surface area contributed by atoms with Crippen LogP contribution in [0.25, 0.3) is 0 Å². The molecule has 0 heterocycles. The van der Waals surface area contributed by atoms with Crippen molar-refractivity contribution in [2.75, 3.05) is 6.61 Å². The van der Waals surface area contributed by atoms with E-state index in [0.717, 1.165) is 22.7 Å². The third-order valence-corrected chi connectivity index (χ3v) is 3.42. The molecule has 0 radical (unpaired) electrons. The highest BCUT2D eigenvalue weighted by molar-refractivity contribution is 9.10. The molecule has 0 amide bonds. The number of hydrogen-bond donors (Lipinski definition) is 0. The molecular formula is C15H9BrNO6-. The second kappa shape index (κ2) is 7.01. The number of nitro groups is 1. The van der Waals surface area contributed by atoms with E-state index >= 15 is 0 Å². The maximum atomic E-state index is 11.9. The molecule has 0 aliphatic rings. The number of halogens is 1. The third-order valence-electron chi connectivity index (χ3n) is 2.89. The lowest BCUT2D eigenvalue weighted by molar-refractivity contribution is -0.398. The van der Waals surface area contributed by atoms with Crippen LogP contribution < -0.4 is 5.11 Å². The van der Waals surface area contributed by atoms with Crippen LogP contribution in [-0.4, -0.2) is 23.3 Å². The zero-order valence-electron chi connectivity index (χ0n) is 11.5. The van der Waals surface area contributed by atoms with Crippen LogP contribution in [0.3, 0.4) is 0 Å². The molecule has 0 fully saturated rings. The smallest absolute Gasteiger partial charge is 0.338 e. The number of carbonyl (C=O) groups is 2. The molecule has 0 saturated heterocycles. The average Bonchev–Trinajstić information content (AvgIpc) is 2.52. The summed E-state index contributed by atoms with van der Waals surface area (Å²) in [5, 5.41) is 22.0. The summed E-state index contributed by atoms with van der Waals surface area (Å²) in [6, 6.07) is 9.33. The zero-order chi connectivity index (χ0) is 17.0. The molecule has 118 valence electrons. The Bertz CT molecular complexity index is 772. The summed E-state index contributed by atoms with van der Waals surface area (Å²) in [5.74, 6) is -2.21. The minimum absolute atomic E-state index is 0.149. The predicted octanol–water partition coefficient (Wildman–Crippen LogP) is 2.47. The van der Waals surface area contributed by atoms with Crippen molar-refractivity contribution < 1.29 is 24.4 Å². The number of nitrogens with zero attached hydrogens (tertiary/aromatic N) is 1. The number of Topliss-reactive ketones (excluding diaryl/α,β-unsaturated/α-hetero) is 1. The topological polar surface area (TPSA) is 110 Å². The van der Waals surface area contributed by atoms with Crippen LogP contribution in [0.15, 0.2) is 46.9 Å². The molecule has 0 aliphatic heterocycles. The summed E-state index contributed by atoms with van der Waals surface area (Å²) in [5.41, 5.74) is -0.411. The van der Waals surface area contributed by atoms with E-state index in [1.807, 2.05) is 0 Å². The summed E-state index contributed by atoms with van der Waals surface area (Å²) >= 11 is 3.24. The van der Waals surface area contributed by atoms with Crippen molar-refractivity contribution in [1.29, 1.82) is 0 Å². The second-order valence-corrected chi connectivity index (χ2v) is 5.36. The van der Waals surface area contributed by atoms with Gasteiger partial charge in [0.15, 0.2) is 12.4 Å². The van der Waals surface area contributed by atoms with Gasteiger partial charge in [-0.25, -0.2) is 4.79 Å². The van der Waals surface area contributed by atoms with E-state index in [1.165, 1.54) is 0 Å². The maximum absolute atomic E-state index is 11.9. The van der Waals surface area contributed by atoms with Crippen molar-refractivity contribution in [2.45, 2.75) is 0 Å². The fourth-order valence-electron chi connectivity index (χ4n) is 1.73. The fraction of sp³-hybridized carbons (Fsp3) is 0.0667. The Morgan fingerprint density at radius 2 is 1.70 bits per heavy atom. The Kier molecular flexibility index (Phi) is 5.07. The molecule has 7 nitrogen and oxygen atoms in total. The molecule has 2 aromatic rings. The minimum Gasteiger partial charge on any atom is -0.868 e. The highest BCUT2D eigenvalue weighted by atomic mass is 79.9. The Hall–Kier alpha value is -2.74. The van der Waals surface area contributed by atoms with E-state index in [-0.39, 0.29) is 5.56 Å². The van der Waals surface area contributed by atoms with E-state index in [4.69, 9.17) is 4.74 Å². The third kappa shape index (κ3) is 4.13. The van der Waals surface area contributed by atoms with Gasteiger partial charge in [-0.05, 0) is 30.0 Å². The predicted molar refractivity (Wildman–Crippen MR) is 81.3 cm³/mol. The van der Waals surface area contributed by atoms with Crippen molar-refractivity contribution in [3.05, 3.63) is 68.2 Å². The Labute approximate surface area is 138 Å². The second-order valence-electron chi connectivity index (χ2n) is 4.45. The van der Waals surface area contributed by atoms with Crippen LogP contribution in [0.5, 0.6) is 5.75 Å². The number of ether oxygens (including phenoxy) is 1. The first kappa shape index (κ1) is 16.6. The Morgan fingerprint density at radius 3 is 2.26 bits per heavy atom. The first-order valence-electron chi connectivity index (χ1n) is 6.30. The number of esters is 1. The van der Waals surface area contributed by atoms with Crippen molar-refractivity contribution in [2.24, 2.45) is 0 Å². The molecular weight excluding hydrogens is 370 g/mol. The van der Waals surface area contributed by atoms with Gasteiger partial charge in [0.2, 0.25) is 0 Å². The van der Waals surface area contributed by atoms with Crippen LogP contribution in [0, 0.1) is 10.1 Å². The monoisotopic (exact) mass is 378 g/mol. The van der Waals surface area contributed by atoms with Gasteiger partial charge in [-0.15, -0.1) is 0 Å². The number of nitro benzene ring substituents is 1. The molecule has 0 N–H and O–H groups in total. The molecule has 23 heavy (non-hydrogen) atoms. The number of ketones is 1. The Balaban J connectivity index is 2.02. The molecule has 0 aromatic heterocycles.